The molecule has 0 aromatic rings. The van der Waals surface area contributed by atoms with Crippen LogP contribution in [-0.2, 0) is 65.9 Å². The Balaban J connectivity index is 0.00000936. The molecular formula is C38H71N2O11Y-. The predicted octanol–water partition coefficient (Wildman–Crippen LogP) is 2.74. The van der Waals surface area contributed by atoms with E-state index in [1.807, 2.05) is 78.9 Å². The molecule has 0 spiro atoms. The molecule has 4 N–H and O–H groups in total. The summed E-state index contributed by atoms with van der Waals surface area (Å²) < 4.78 is 37.8. The van der Waals surface area contributed by atoms with Crippen LogP contribution in [0.15, 0.2) is 0 Å². The first kappa shape index (κ1) is 48.3. The molecule has 0 aliphatic carbocycles. The largest absolute Gasteiger partial charge is 0.459 e. The second kappa shape index (κ2) is 19.5. The topological polar surface area (TPSA) is 160 Å². The van der Waals surface area contributed by atoms with Gasteiger partial charge in [-0.3, -0.25) is 11.2 Å². The normalized spacial score (nSPS) is 47.9. The number of nitrogens with zero attached hydrogens (tertiary/aromatic N) is 2. The van der Waals surface area contributed by atoms with Crippen LogP contribution in [0.4, 0.5) is 0 Å². The Morgan fingerprint density at radius 2 is 1.62 bits per heavy atom. The van der Waals surface area contributed by atoms with Crippen LogP contribution in [0.3, 0.4) is 0 Å². The Labute approximate surface area is 338 Å². The number of esters is 1. The summed E-state index contributed by atoms with van der Waals surface area (Å²) in [5.41, 5.74) is -3.95. The Hall–Kier alpha value is 0.134. The third-order valence-corrected chi connectivity index (χ3v) is 11.7. The molecule has 303 valence electrons. The maximum Gasteiger partial charge on any atom is 0.311 e. The van der Waals surface area contributed by atoms with Crippen molar-refractivity contribution in [1.29, 1.82) is 0 Å². The standard InChI is InChI=1S/C38H71N2O11.Y/c1-15-28-38(10,45)32(42)26(7)40(13)20-21(2)17-37(9,44)33(51-35-30(41)27(39(11)12)16-22(3)48-35)24(5)31(25(6)34(43)49-28)50-29-19-36(8,46-14)18-23(4)47-29;/h18,21-33,35,41-42,44-45H,15-17,19-20H2,1-14H3;/q-1;/t21-,22-,23+,24+,25-,26-,27+,28-,29+,30-,31+,32-,33-,35+,36+,37+,38-;/m1./s1. The summed E-state index contributed by atoms with van der Waals surface area (Å²) in [6, 6.07) is -0.765. The Morgan fingerprint density at radius 1 is 1.00 bits per heavy atom. The fourth-order valence-electron chi connectivity index (χ4n) is 8.60. The van der Waals surface area contributed by atoms with Gasteiger partial charge in [-0.25, -0.2) is 0 Å². The second-order valence-electron chi connectivity index (χ2n) is 16.9. The van der Waals surface area contributed by atoms with Gasteiger partial charge in [-0.2, -0.15) is 0 Å². The van der Waals surface area contributed by atoms with Gasteiger partial charge in [0.05, 0.1) is 29.8 Å². The van der Waals surface area contributed by atoms with Crippen molar-refractivity contribution in [1.82, 2.24) is 9.80 Å². The van der Waals surface area contributed by atoms with Crippen molar-refractivity contribution in [3.05, 3.63) is 6.42 Å². The molecule has 1 radical (unpaired) electrons. The number of likely N-dealkylation sites (N-methyl/N-ethyl adjacent to an activating group) is 2. The second-order valence-corrected chi connectivity index (χ2v) is 16.9. The summed E-state index contributed by atoms with van der Waals surface area (Å²) in [5, 5.41) is 47.2. The van der Waals surface area contributed by atoms with Crippen LogP contribution in [-0.4, -0.2) is 155 Å². The smallest absolute Gasteiger partial charge is 0.311 e. The number of aliphatic hydroxyl groups excluding tert-OH is 2. The molecule has 0 amide bonds. The molecule has 3 aliphatic heterocycles. The molecule has 14 heteroatoms. The van der Waals surface area contributed by atoms with E-state index in [0.717, 1.165) is 0 Å². The third kappa shape index (κ3) is 11.6. The van der Waals surface area contributed by atoms with Gasteiger partial charge in [-0.1, -0.05) is 40.7 Å². The summed E-state index contributed by atoms with van der Waals surface area (Å²) in [7, 11) is 7.28. The van der Waals surface area contributed by atoms with E-state index in [1.165, 1.54) is 6.92 Å². The maximum atomic E-state index is 14.2. The Morgan fingerprint density at radius 3 is 2.17 bits per heavy atom. The first-order chi connectivity index (χ1) is 23.5. The van der Waals surface area contributed by atoms with Gasteiger partial charge in [0.25, 0.3) is 0 Å². The van der Waals surface area contributed by atoms with Gasteiger partial charge in [0.15, 0.2) is 12.6 Å². The Bertz CT molecular complexity index is 1120. The zero-order valence-corrected chi connectivity index (χ0v) is 37.2. The van der Waals surface area contributed by atoms with E-state index in [0.29, 0.717) is 19.4 Å². The van der Waals surface area contributed by atoms with Crippen LogP contribution in [0.2, 0.25) is 0 Å². The number of methoxy groups -OCH3 is 1. The summed E-state index contributed by atoms with van der Waals surface area (Å²) in [6.07, 6.45) is -4.24. The van der Waals surface area contributed by atoms with Gasteiger partial charge in [0.2, 0.25) is 0 Å². The average molecular weight is 821 g/mol. The molecule has 13 nitrogen and oxygen atoms in total. The van der Waals surface area contributed by atoms with E-state index in [9.17, 15) is 25.2 Å². The van der Waals surface area contributed by atoms with Crippen molar-refractivity contribution in [2.75, 3.05) is 34.8 Å². The number of aliphatic hydroxyl groups is 4. The number of hydrogen-bond donors (Lipinski definition) is 4. The summed E-state index contributed by atoms with van der Waals surface area (Å²) in [5.74, 6) is -2.40. The summed E-state index contributed by atoms with van der Waals surface area (Å²) in [4.78, 5) is 18.1. The minimum absolute atomic E-state index is 0. The number of hydrogen-bond acceptors (Lipinski definition) is 13. The molecule has 3 heterocycles. The molecule has 3 aliphatic rings. The van der Waals surface area contributed by atoms with E-state index in [1.54, 1.807) is 27.9 Å². The van der Waals surface area contributed by atoms with Crippen LogP contribution in [0.5, 0.6) is 0 Å². The number of carbonyl (C=O) groups excluding carboxylic acids is 1. The average Bonchev–Trinajstić information content (AvgIpc) is 3.03. The van der Waals surface area contributed by atoms with Crippen molar-refractivity contribution in [2.24, 2.45) is 17.8 Å². The molecule has 52 heavy (non-hydrogen) atoms. The van der Waals surface area contributed by atoms with Gasteiger partial charge in [0, 0.05) is 64.4 Å². The van der Waals surface area contributed by atoms with Gasteiger partial charge in [-0.15, -0.1) is 0 Å². The summed E-state index contributed by atoms with van der Waals surface area (Å²) >= 11 is 0. The third-order valence-electron chi connectivity index (χ3n) is 11.7. The van der Waals surface area contributed by atoms with Crippen molar-refractivity contribution >= 4 is 5.97 Å². The van der Waals surface area contributed by atoms with E-state index in [-0.39, 0.29) is 69.7 Å². The number of cyclic esters (lactones) is 1. The van der Waals surface area contributed by atoms with Gasteiger partial charge in [-0.05, 0) is 93.0 Å². The van der Waals surface area contributed by atoms with E-state index < -0.39 is 83.7 Å². The van der Waals surface area contributed by atoms with E-state index in [2.05, 4.69) is 0 Å². The summed E-state index contributed by atoms with van der Waals surface area (Å²) in [6.45, 7) is 18.6. The Kier molecular flexibility index (Phi) is 18.1. The zero-order chi connectivity index (χ0) is 38.8. The molecule has 0 aromatic carbocycles. The van der Waals surface area contributed by atoms with Gasteiger partial charge in [0.1, 0.15) is 23.9 Å². The fraction of sp³-hybridized carbons (Fsp3) is 0.947. The quantitative estimate of drug-likeness (QED) is 0.220. The van der Waals surface area contributed by atoms with Crippen molar-refractivity contribution in [3.8, 4) is 0 Å². The molecule has 3 saturated heterocycles. The van der Waals surface area contributed by atoms with Crippen LogP contribution in [0, 0.1) is 24.2 Å². The SMILES string of the molecule is CC[C@H]1OC(=O)[C@H](C)[C@@H](O[C@H]2C[C@@](C)(OC)[CH-][C@H](C)O2)[C@H](C)[C@@H](O[C@@H]2O[C@H](C)C[C@H](N(C)C)[C@H]2O)[C@@](C)(O)C[C@@H](C)CN(C)[C@H](C)[C@@H](O)[C@]1(C)O.[Y]. The van der Waals surface area contributed by atoms with Crippen LogP contribution in [0.1, 0.15) is 94.9 Å². The first-order valence-electron chi connectivity index (χ1n) is 18.9. The maximum absolute atomic E-state index is 14.2. The van der Waals surface area contributed by atoms with Gasteiger partial charge >= 0.3 is 5.97 Å². The van der Waals surface area contributed by atoms with Crippen molar-refractivity contribution in [2.45, 2.75) is 179 Å². The molecule has 0 unspecified atom stereocenters. The molecule has 3 rings (SSSR count). The van der Waals surface area contributed by atoms with Crippen LogP contribution < -0.4 is 0 Å². The van der Waals surface area contributed by atoms with Crippen LogP contribution in [0.25, 0.3) is 0 Å². The zero-order valence-electron chi connectivity index (χ0n) is 34.3. The molecule has 0 bridgehead atoms. The number of rotatable bonds is 7. The van der Waals surface area contributed by atoms with Gasteiger partial charge < -0.3 is 58.6 Å². The molecule has 0 aromatic heterocycles. The number of ether oxygens (including phenoxy) is 6. The number of carbonyl (C=O) groups is 1. The van der Waals surface area contributed by atoms with Crippen LogP contribution >= 0.6 is 0 Å². The molecule has 0 saturated carbocycles. The van der Waals surface area contributed by atoms with Crippen molar-refractivity contribution < 1.29 is 86.4 Å². The molecular weight excluding hydrogens is 749 g/mol. The predicted molar refractivity (Wildman–Crippen MR) is 192 cm³/mol. The fourth-order valence-corrected chi connectivity index (χ4v) is 8.60. The first-order valence-corrected chi connectivity index (χ1v) is 18.9. The molecule has 17 atom stereocenters. The molecule has 3 fully saturated rings. The van der Waals surface area contributed by atoms with E-state index >= 15 is 0 Å². The van der Waals surface area contributed by atoms with E-state index in [4.69, 9.17) is 28.4 Å². The van der Waals surface area contributed by atoms with Crippen molar-refractivity contribution in [3.63, 3.8) is 0 Å². The minimum Gasteiger partial charge on any atom is -0.459 e. The monoisotopic (exact) mass is 820 g/mol. The minimum atomic E-state index is -1.77.